The number of thioether (sulfide) groups is 1. The Morgan fingerprint density at radius 3 is 2.59 bits per heavy atom. The summed E-state index contributed by atoms with van der Waals surface area (Å²) in [6, 6.07) is 16.6. The van der Waals surface area contributed by atoms with Crippen molar-refractivity contribution in [1.29, 1.82) is 0 Å². The van der Waals surface area contributed by atoms with Gasteiger partial charge >= 0.3 is 5.97 Å². The molecule has 0 radical (unpaired) electrons. The van der Waals surface area contributed by atoms with Gasteiger partial charge in [-0.2, -0.15) is 0 Å². The van der Waals surface area contributed by atoms with Gasteiger partial charge in [-0.25, -0.2) is 4.79 Å². The van der Waals surface area contributed by atoms with Crippen LogP contribution in [-0.4, -0.2) is 46.7 Å². The van der Waals surface area contributed by atoms with Gasteiger partial charge in [0.15, 0.2) is 11.5 Å². The molecule has 200 valence electrons. The van der Waals surface area contributed by atoms with Gasteiger partial charge in [-0.05, 0) is 77.9 Å². The molecule has 0 bridgehead atoms. The lowest BCUT2D eigenvalue weighted by molar-refractivity contribution is -0.127. The molecule has 0 saturated carbocycles. The molecule has 1 heterocycles. The van der Waals surface area contributed by atoms with E-state index in [1.165, 1.54) is 25.3 Å². The molecular formula is C28H23ClN2O7S. The quantitative estimate of drug-likeness (QED) is 0.320. The predicted octanol–water partition coefficient (Wildman–Crippen LogP) is 5.61. The molecule has 39 heavy (non-hydrogen) atoms. The number of carbonyl (C=O) groups excluding carboxylic acids is 3. The minimum atomic E-state index is -1.05. The van der Waals surface area contributed by atoms with Gasteiger partial charge in [0.25, 0.3) is 11.1 Å². The summed E-state index contributed by atoms with van der Waals surface area (Å²) in [7, 11) is 1.42. The number of anilines is 1. The Kier molecular flexibility index (Phi) is 8.58. The van der Waals surface area contributed by atoms with Crippen molar-refractivity contribution in [2.45, 2.75) is 13.5 Å². The molecule has 3 aromatic carbocycles. The van der Waals surface area contributed by atoms with Gasteiger partial charge in [0.2, 0.25) is 5.91 Å². The van der Waals surface area contributed by atoms with E-state index in [4.69, 9.17) is 21.1 Å². The first-order valence-electron chi connectivity index (χ1n) is 11.6. The fourth-order valence-electron chi connectivity index (χ4n) is 3.77. The molecule has 3 amide bonds. The van der Waals surface area contributed by atoms with Gasteiger partial charge in [0.1, 0.15) is 13.2 Å². The number of carboxylic acid groups (broad SMARTS) is 1. The summed E-state index contributed by atoms with van der Waals surface area (Å²) in [6.07, 6.45) is 1.48. The van der Waals surface area contributed by atoms with Gasteiger partial charge in [0.05, 0.1) is 22.6 Å². The van der Waals surface area contributed by atoms with E-state index in [0.717, 1.165) is 22.2 Å². The van der Waals surface area contributed by atoms with E-state index >= 15 is 0 Å². The minimum Gasteiger partial charge on any atom is -0.493 e. The number of carbonyl (C=O) groups is 4. The third kappa shape index (κ3) is 6.78. The average molecular weight is 567 g/mol. The SMILES string of the molecule is COc1cc(/C=C2\SC(=O)N(CC(=O)Nc3cccc(C)c3)C2=O)cc(Cl)c1OCc1cccc(C(=O)O)c1. The molecule has 11 heteroatoms. The van der Waals surface area contributed by atoms with Crippen LogP contribution in [0.25, 0.3) is 6.08 Å². The first kappa shape index (κ1) is 27.7. The van der Waals surface area contributed by atoms with Crippen molar-refractivity contribution in [2.24, 2.45) is 0 Å². The van der Waals surface area contributed by atoms with Crippen molar-refractivity contribution in [3.05, 3.63) is 92.8 Å². The Hall–Kier alpha value is -4.28. The maximum Gasteiger partial charge on any atom is 0.335 e. The summed E-state index contributed by atoms with van der Waals surface area (Å²) >= 11 is 7.16. The number of nitrogens with one attached hydrogen (secondary N) is 1. The number of aromatic carboxylic acids is 1. The molecule has 1 aliphatic rings. The van der Waals surface area contributed by atoms with Crippen LogP contribution < -0.4 is 14.8 Å². The molecule has 1 fully saturated rings. The number of halogens is 1. The van der Waals surface area contributed by atoms with E-state index in [0.29, 0.717) is 16.8 Å². The number of nitrogens with zero attached hydrogens (tertiary/aromatic N) is 1. The Labute approximate surface area is 233 Å². The molecule has 9 nitrogen and oxygen atoms in total. The highest BCUT2D eigenvalue weighted by molar-refractivity contribution is 8.18. The standard InChI is InChI=1S/C28H23ClN2O7S/c1-16-5-3-8-20(9-16)30-24(32)14-31-26(33)23(39-28(31)36)13-18-11-21(29)25(22(12-18)37-2)38-15-17-6-4-7-19(10-17)27(34)35/h3-13H,14-15H2,1-2H3,(H,30,32)(H,34,35)/b23-13-. The third-order valence-corrected chi connectivity index (χ3v) is 6.77. The molecule has 0 unspecified atom stereocenters. The Bertz CT molecular complexity index is 1500. The Balaban J connectivity index is 1.47. The smallest absolute Gasteiger partial charge is 0.335 e. The Morgan fingerprint density at radius 1 is 1.10 bits per heavy atom. The summed E-state index contributed by atoms with van der Waals surface area (Å²) in [5.74, 6) is -1.63. The molecule has 1 saturated heterocycles. The normalized spacial score (nSPS) is 14.0. The summed E-state index contributed by atoms with van der Waals surface area (Å²) in [5, 5.41) is 11.5. The van der Waals surface area contributed by atoms with Crippen molar-refractivity contribution < 1.29 is 33.8 Å². The second kappa shape index (κ2) is 12.1. The maximum atomic E-state index is 12.9. The first-order valence-corrected chi connectivity index (χ1v) is 12.8. The molecule has 2 N–H and O–H groups in total. The average Bonchev–Trinajstić information content (AvgIpc) is 3.15. The molecular weight excluding hydrogens is 544 g/mol. The monoisotopic (exact) mass is 566 g/mol. The van der Waals surface area contributed by atoms with Crippen LogP contribution >= 0.6 is 23.4 Å². The van der Waals surface area contributed by atoms with Gasteiger partial charge < -0.3 is 19.9 Å². The summed E-state index contributed by atoms with van der Waals surface area (Å²) in [6.45, 7) is 1.51. The lowest BCUT2D eigenvalue weighted by Crippen LogP contribution is -2.36. The van der Waals surface area contributed by atoms with E-state index < -0.39 is 29.6 Å². The van der Waals surface area contributed by atoms with Crippen LogP contribution in [0.5, 0.6) is 11.5 Å². The zero-order valence-electron chi connectivity index (χ0n) is 20.9. The molecule has 0 aromatic heterocycles. The van der Waals surface area contributed by atoms with Crippen LogP contribution in [0, 0.1) is 6.92 Å². The fraction of sp³-hybridized carbons (Fsp3) is 0.143. The van der Waals surface area contributed by atoms with Crippen LogP contribution in [-0.2, 0) is 16.2 Å². The van der Waals surface area contributed by atoms with Crippen LogP contribution in [0.2, 0.25) is 5.02 Å². The number of amides is 3. The topological polar surface area (TPSA) is 122 Å². The lowest BCUT2D eigenvalue weighted by atomic mass is 10.1. The van der Waals surface area contributed by atoms with Crippen molar-refractivity contribution >= 4 is 58.1 Å². The van der Waals surface area contributed by atoms with Crippen LogP contribution in [0.1, 0.15) is 27.0 Å². The lowest BCUT2D eigenvalue weighted by Gasteiger charge is -2.14. The van der Waals surface area contributed by atoms with E-state index in [2.05, 4.69) is 5.32 Å². The van der Waals surface area contributed by atoms with Gasteiger partial charge in [-0.3, -0.25) is 19.3 Å². The molecule has 0 spiro atoms. The van der Waals surface area contributed by atoms with E-state index in [9.17, 15) is 24.3 Å². The molecule has 1 aliphatic heterocycles. The number of benzene rings is 3. The molecule has 3 aromatic rings. The van der Waals surface area contributed by atoms with E-state index in [-0.39, 0.29) is 33.6 Å². The summed E-state index contributed by atoms with van der Waals surface area (Å²) in [5.41, 5.74) is 2.76. The van der Waals surface area contributed by atoms with Gasteiger partial charge in [-0.1, -0.05) is 35.9 Å². The first-order chi connectivity index (χ1) is 18.6. The number of hydrogen-bond acceptors (Lipinski definition) is 7. The van der Waals surface area contributed by atoms with Gasteiger partial charge in [-0.15, -0.1) is 0 Å². The maximum absolute atomic E-state index is 12.9. The van der Waals surface area contributed by atoms with Crippen molar-refractivity contribution in [3.63, 3.8) is 0 Å². The highest BCUT2D eigenvalue weighted by Crippen LogP contribution is 2.39. The molecule has 4 rings (SSSR count). The van der Waals surface area contributed by atoms with Crippen LogP contribution in [0.15, 0.2) is 65.6 Å². The highest BCUT2D eigenvalue weighted by Gasteiger charge is 2.36. The van der Waals surface area contributed by atoms with E-state index in [1.807, 2.05) is 13.0 Å². The predicted molar refractivity (Wildman–Crippen MR) is 148 cm³/mol. The second-order valence-electron chi connectivity index (χ2n) is 8.51. The summed E-state index contributed by atoms with van der Waals surface area (Å²) in [4.78, 5) is 50.1. The second-order valence-corrected chi connectivity index (χ2v) is 9.91. The molecule has 0 aliphatic carbocycles. The number of hydrogen-bond donors (Lipinski definition) is 2. The zero-order valence-corrected chi connectivity index (χ0v) is 22.5. The largest absolute Gasteiger partial charge is 0.493 e. The zero-order chi connectivity index (χ0) is 28.1. The number of rotatable bonds is 9. The number of imide groups is 1. The van der Waals surface area contributed by atoms with Gasteiger partial charge in [0, 0.05) is 5.69 Å². The van der Waals surface area contributed by atoms with Crippen LogP contribution in [0.3, 0.4) is 0 Å². The van der Waals surface area contributed by atoms with Crippen molar-refractivity contribution in [3.8, 4) is 11.5 Å². The summed E-state index contributed by atoms with van der Waals surface area (Å²) < 4.78 is 11.2. The van der Waals surface area contributed by atoms with Crippen molar-refractivity contribution in [2.75, 3.05) is 19.0 Å². The van der Waals surface area contributed by atoms with E-state index in [1.54, 1.807) is 42.5 Å². The highest BCUT2D eigenvalue weighted by atomic mass is 35.5. The minimum absolute atomic E-state index is 0.0417. The van der Waals surface area contributed by atoms with Crippen molar-refractivity contribution in [1.82, 2.24) is 4.90 Å². The molecule has 0 atom stereocenters. The van der Waals surface area contributed by atoms with Crippen LogP contribution in [0.4, 0.5) is 10.5 Å². The third-order valence-electron chi connectivity index (χ3n) is 5.58. The number of carboxylic acids is 1. The number of ether oxygens (including phenoxy) is 2. The number of methoxy groups -OCH3 is 1. The fourth-order valence-corrected chi connectivity index (χ4v) is 4.88. The number of aryl methyl sites for hydroxylation is 1. The Morgan fingerprint density at radius 2 is 1.87 bits per heavy atom.